The third-order valence-corrected chi connectivity index (χ3v) is 1.52. The fraction of sp³-hybridized carbons (Fsp3) is 0.500. The summed E-state index contributed by atoms with van der Waals surface area (Å²) >= 11 is 0. The molecule has 0 aromatic rings. The number of amides is 1. The van der Waals surface area contributed by atoms with Crippen LogP contribution in [0.2, 0.25) is 0 Å². The van der Waals surface area contributed by atoms with Gasteiger partial charge in [-0.15, -0.1) is 0 Å². The normalized spacial score (nSPS) is 15.8. The van der Waals surface area contributed by atoms with Gasteiger partial charge in [0.2, 0.25) is 5.91 Å². The van der Waals surface area contributed by atoms with Crippen LogP contribution in [0.1, 0.15) is 20.3 Å². The first-order chi connectivity index (χ1) is 5.74. The van der Waals surface area contributed by atoms with Crippen LogP contribution in [0.5, 0.6) is 0 Å². The zero-order chi connectivity index (χ0) is 8.97. The van der Waals surface area contributed by atoms with Crippen LogP contribution in [0.3, 0.4) is 0 Å². The fourth-order valence-corrected chi connectivity index (χ4v) is 1.03. The van der Waals surface area contributed by atoms with Crippen LogP contribution < -0.4 is 5.32 Å². The van der Waals surface area contributed by atoms with Crippen LogP contribution >= 0.6 is 0 Å². The SMILES string of the molecule is CCN1N=CCC=C1NC(C)=O. The van der Waals surface area contributed by atoms with E-state index in [1.165, 1.54) is 6.92 Å². The molecule has 0 atom stereocenters. The van der Waals surface area contributed by atoms with E-state index in [2.05, 4.69) is 10.4 Å². The molecule has 0 unspecified atom stereocenters. The smallest absolute Gasteiger partial charge is 0.222 e. The largest absolute Gasteiger partial charge is 0.311 e. The maximum Gasteiger partial charge on any atom is 0.222 e. The summed E-state index contributed by atoms with van der Waals surface area (Å²) in [7, 11) is 0. The number of hydrazone groups is 1. The van der Waals surface area contributed by atoms with Gasteiger partial charge in [0.05, 0.1) is 0 Å². The van der Waals surface area contributed by atoms with E-state index in [1.54, 1.807) is 5.01 Å². The standard InChI is InChI=1S/C8H13N3O/c1-3-11-8(10-7(2)12)5-4-6-9-11/h5-6H,3-4H2,1-2H3,(H,10,12). The molecular weight excluding hydrogens is 154 g/mol. The minimum atomic E-state index is -0.0585. The topological polar surface area (TPSA) is 44.7 Å². The van der Waals surface area contributed by atoms with Crippen molar-refractivity contribution >= 4 is 12.1 Å². The van der Waals surface area contributed by atoms with E-state index in [0.29, 0.717) is 0 Å². The van der Waals surface area contributed by atoms with E-state index >= 15 is 0 Å². The molecule has 1 aliphatic heterocycles. The van der Waals surface area contributed by atoms with E-state index in [1.807, 2.05) is 19.2 Å². The molecule has 4 heteroatoms. The number of rotatable bonds is 2. The summed E-state index contributed by atoms with van der Waals surface area (Å²) in [4.78, 5) is 10.7. The van der Waals surface area contributed by atoms with Gasteiger partial charge in [0, 0.05) is 26.1 Å². The molecule has 4 nitrogen and oxygen atoms in total. The Labute approximate surface area is 71.9 Å². The van der Waals surface area contributed by atoms with Crippen LogP contribution in [0.15, 0.2) is 17.0 Å². The zero-order valence-electron chi connectivity index (χ0n) is 7.37. The molecule has 0 saturated heterocycles. The van der Waals surface area contributed by atoms with Crippen molar-refractivity contribution < 1.29 is 4.79 Å². The van der Waals surface area contributed by atoms with Crippen LogP contribution in [0.4, 0.5) is 0 Å². The highest BCUT2D eigenvalue weighted by atomic mass is 16.1. The van der Waals surface area contributed by atoms with E-state index in [0.717, 1.165) is 18.8 Å². The molecule has 0 fully saturated rings. The van der Waals surface area contributed by atoms with Gasteiger partial charge in [-0.05, 0) is 13.0 Å². The van der Waals surface area contributed by atoms with Gasteiger partial charge >= 0.3 is 0 Å². The van der Waals surface area contributed by atoms with E-state index in [4.69, 9.17) is 0 Å². The quantitative estimate of drug-likeness (QED) is 0.657. The van der Waals surface area contributed by atoms with Gasteiger partial charge in [0.25, 0.3) is 0 Å². The number of hydrogen-bond acceptors (Lipinski definition) is 3. The van der Waals surface area contributed by atoms with E-state index in [9.17, 15) is 4.79 Å². The molecule has 12 heavy (non-hydrogen) atoms. The van der Waals surface area contributed by atoms with Crippen LogP contribution in [0.25, 0.3) is 0 Å². The molecule has 0 bridgehead atoms. The van der Waals surface area contributed by atoms with E-state index < -0.39 is 0 Å². The van der Waals surface area contributed by atoms with Crippen molar-refractivity contribution in [3.8, 4) is 0 Å². The minimum Gasteiger partial charge on any atom is -0.311 e. The Kier molecular flexibility index (Phi) is 2.85. The van der Waals surface area contributed by atoms with Gasteiger partial charge in [0.15, 0.2) is 0 Å². The highest BCUT2D eigenvalue weighted by molar-refractivity contribution is 5.75. The lowest BCUT2D eigenvalue weighted by Gasteiger charge is -2.22. The zero-order valence-corrected chi connectivity index (χ0v) is 7.37. The summed E-state index contributed by atoms with van der Waals surface area (Å²) in [6, 6.07) is 0. The van der Waals surface area contributed by atoms with Crippen molar-refractivity contribution in [2.75, 3.05) is 6.54 Å². The van der Waals surface area contributed by atoms with Gasteiger partial charge in [0.1, 0.15) is 5.82 Å². The molecule has 1 rings (SSSR count). The third-order valence-electron chi connectivity index (χ3n) is 1.52. The van der Waals surface area contributed by atoms with Gasteiger partial charge in [-0.25, -0.2) is 0 Å². The Hall–Kier alpha value is -1.32. The summed E-state index contributed by atoms with van der Waals surface area (Å²) in [6.07, 6.45) is 4.54. The molecule has 0 radical (unpaired) electrons. The predicted molar refractivity (Wildman–Crippen MR) is 47.4 cm³/mol. The number of carbonyl (C=O) groups is 1. The summed E-state index contributed by atoms with van der Waals surface area (Å²) in [6.45, 7) is 4.24. The number of allylic oxidation sites excluding steroid dienone is 1. The highest BCUT2D eigenvalue weighted by Gasteiger charge is 2.08. The molecule has 1 heterocycles. The first kappa shape index (κ1) is 8.77. The molecule has 1 aliphatic rings. The molecule has 0 aromatic carbocycles. The van der Waals surface area contributed by atoms with Crippen molar-refractivity contribution in [3.05, 3.63) is 11.9 Å². The molecular formula is C8H13N3O. The monoisotopic (exact) mass is 167 g/mol. The molecule has 1 amide bonds. The lowest BCUT2D eigenvalue weighted by Crippen LogP contribution is -2.32. The minimum absolute atomic E-state index is 0.0585. The second-order valence-corrected chi connectivity index (χ2v) is 2.52. The number of nitrogens with zero attached hydrogens (tertiary/aromatic N) is 2. The molecule has 66 valence electrons. The Morgan fingerprint density at radius 2 is 2.58 bits per heavy atom. The Morgan fingerprint density at radius 1 is 1.83 bits per heavy atom. The second-order valence-electron chi connectivity index (χ2n) is 2.52. The van der Waals surface area contributed by atoms with Crippen molar-refractivity contribution in [1.29, 1.82) is 0 Å². The number of nitrogens with one attached hydrogen (secondary N) is 1. The molecule has 0 aliphatic carbocycles. The molecule has 0 saturated carbocycles. The summed E-state index contributed by atoms with van der Waals surface area (Å²) < 4.78 is 0. The number of carbonyl (C=O) groups excluding carboxylic acids is 1. The van der Waals surface area contributed by atoms with Gasteiger partial charge in [-0.2, -0.15) is 5.10 Å². The van der Waals surface area contributed by atoms with Crippen LogP contribution in [0, 0.1) is 0 Å². The average Bonchev–Trinajstić information content (AvgIpc) is 2.04. The van der Waals surface area contributed by atoms with Crippen molar-refractivity contribution in [2.24, 2.45) is 5.10 Å². The first-order valence-corrected chi connectivity index (χ1v) is 4.01. The van der Waals surface area contributed by atoms with Crippen molar-refractivity contribution in [3.63, 3.8) is 0 Å². The summed E-state index contributed by atoms with van der Waals surface area (Å²) in [5, 5.41) is 8.58. The highest BCUT2D eigenvalue weighted by Crippen LogP contribution is 2.06. The number of hydrogen-bond donors (Lipinski definition) is 1. The predicted octanol–water partition coefficient (Wildman–Crippen LogP) is 0.675. The molecule has 0 spiro atoms. The van der Waals surface area contributed by atoms with E-state index in [-0.39, 0.29) is 5.91 Å². The second kappa shape index (κ2) is 3.90. The van der Waals surface area contributed by atoms with Gasteiger partial charge in [-0.1, -0.05) is 0 Å². The first-order valence-electron chi connectivity index (χ1n) is 4.01. The maximum atomic E-state index is 10.7. The average molecular weight is 167 g/mol. The lowest BCUT2D eigenvalue weighted by molar-refractivity contribution is -0.118. The Bertz CT molecular complexity index is 232. The van der Waals surface area contributed by atoms with Crippen molar-refractivity contribution in [1.82, 2.24) is 10.3 Å². The fourth-order valence-electron chi connectivity index (χ4n) is 1.03. The molecule has 1 N–H and O–H groups in total. The van der Waals surface area contributed by atoms with Gasteiger partial charge in [-0.3, -0.25) is 9.80 Å². The van der Waals surface area contributed by atoms with Crippen LogP contribution in [-0.4, -0.2) is 23.7 Å². The third kappa shape index (κ3) is 2.08. The van der Waals surface area contributed by atoms with Gasteiger partial charge < -0.3 is 5.32 Å². The van der Waals surface area contributed by atoms with Crippen molar-refractivity contribution in [2.45, 2.75) is 20.3 Å². The molecule has 0 aromatic heterocycles. The maximum absolute atomic E-state index is 10.7. The van der Waals surface area contributed by atoms with Crippen LogP contribution in [-0.2, 0) is 4.79 Å². The lowest BCUT2D eigenvalue weighted by atomic mass is 10.3. The summed E-state index contributed by atoms with van der Waals surface area (Å²) in [5.74, 6) is 0.726. The Morgan fingerprint density at radius 3 is 3.17 bits per heavy atom. The Balaban J connectivity index is 2.61. The summed E-state index contributed by atoms with van der Waals surface area (Å²) in [5.41, 5.74) is 0.